The number of anilines is 1. The second kappa shape index (κ2) is 8.49. The molecule has 8 nitrogen and oxygen atoms in total. The summed E-state index contributed by atoms with van der Waals surface area (Å²) in [6.45, 7) is 6.51. The molecule has 0 aliphatic carbocycles. The van der Waals surface area contributed by atoms with Gasteiger partial charge in [-0.2, -0.15) is 5.10 Å². The summed E-state index contributed by atoms with van der Waals surface area (Å²) < 4.78 is 28.6. The van der Waals surface area contributed by atoms with Gasteiger partial charge in [0.25, 0.3) is 0 Å². The normalized spacial score (nSPS) is 11.5. The quantitative estimate of drug-likeness (QED) is 0.562. The van der Waals surface area contributed by atoms with E-state index in [9.17, 15) is 8.42 Å². The van der Waals surface area contributed by atoms with Gasteiger partial charge in [-0.1, -0.05) is 29.8 Å². The van der Waals surface area contributed by atoms with Crippen molar-refractivity contribution in [1.29, 1.82) is 0 Å². The van der Waals surface area contributed by atoms with Crippen LogP contribution in [0.3, 0.4) is 0 Å². The Balaban J connectivity index is 1.48. The molecule has 0 saturated carbocycles. The molecule has 0 fully saturated rings. The summed E-state index contributed by atoms with van der Waals surface area (Å²) in [4.78, 5) is 0. The van der Waals surface area contributed by atoms with Crippen LogP contribution in [0.15, 0.2) is 42.5 Å². The molecule has 0 amide bonds. The fraction of sp³-hybridized carbons (Fsp3) is 0.316. The van der Waals surface area contributed by atoms with E-state index < -0.39 is 10.0 Å². The fourth-order valence-electron chi connectivity index (χ4n) is 2.75. The minimum absolute atomic E-state index is 0.0373. The van der Waals surface area contributed by atoms with Gasteiger partial charge in [-0.15, -0.1) is 10.2 Å². The van der Waals surface area contributed by atoms with Gasteiger partial charge >= 0.3 is 0 Å². The summed E-state index contributed by atoms with van der Waals surface area (Å²) >= 11 is 0. The molecule has 28 heavy (non-hydrogen) atoms. The van der Waals surface area contributed by atoms with Crippen LogP contribution in [0, 0.1) is 20.8 Å². The van der Waals surface area contributed by atoms with E-state index in [1.165, 1.54) is 0 Å². The molecule has 0 radical (unpaired) electrons. The van der Waals surface area contributed by atoms with Gasteiger partial charge in [-0.3, -0.25) is 0 Å². The molecule has 1 aromatic carbocycles. The minimum Gasteiger partial charge on any atom is -0.367 e. The molecular weight excluding hydrogens is 376 g/mol. The zero-order chi connectivity index (χ0) is 20.1. The second-order valence-corrected chi connectivity index (χ2v) is 8.49. The highest BCUT2D eigenvalue weighted by Crippen LogP contribution is 2.10. The average molecular weight is 401 g/mol. The summed E-state index contributed by atoms with van der Waals surface area (Å²) in [6, 6.07) is 13.0. The van der Waals surface area contributed by atoms with Gasteiger partial charge in [0.15, 0.2) is 5.82 Å². The number of sulfonamides is 1. The van der Waals surface area contributed by atoms with E-state index in [0.29, 0.717) is 18.2 Å². The molecule has 2 N–H and O–H groups in total. The Labute approximate surface area is 165 Å². The molecule has 0 spiro atoms. The van der Waals surface area contributed by atoms with Crippen molar-refractivity contribution in [2.45, 2.75) is 26.5 Å². The smallest absolute Gasteiger partial charge is 0.215 e. The third-order valence-electron chi connectivity index (χ3n) is 4.11. The summed E-state index contributed by atoms with van der Waals surface area (Å²) in [5, 5.41) is 15.7. The molecule has 9 heteroatoms. The minimum atomic E-state index is -3.38. The maximum absolute atomic E-state index is 12.2. The van der Waals surface area contributed by atoms with Gasteiger partial charge < -0.3 is 5.32 Å². The monoisotopic (exact) mass is 400 g/mol. The molecule has 0 aliphatic rings. The Hall–Kier alpha value is -2.78. The molecule has 0 bridgehead atoms. The van der Waals surface area contributed by atoms with Crippen LogP contribution in [0.2, 0.25) is 0 Å². The number of nitrogens with one attached hydrogen (secondary N) is 2. The van der Waals surface area contributed by atoms with Crippen molar-refractivity contribution in [1.82, 2.24) is 24.7 Å². The fourth-order valence-corrected chi connectivity index (χ4v) is 3.89. The van der Waals surface area contributed by atoms with Crippen molar-refractivity contribution in [3.8, 4) is 5.82 Å². The second-order valence-electron chi connectivity index (χ2n) is 6.68. The number of hydrogen-bond acceptors (Lipinski definition) is 6. The first-order valence-corrected chi connectivity index (χ1v) is 10.6. The van der Waals surface area contributed by atoms with Gasteiger partial charge in [0.2, 0.25) is 10.0 Å². The highest BCUT2D eigenvalue weighted by molar-refractivity contribution is 7.88. The van der Waals surface area contributed by atoms with E-state index in [-0.39, 0.29) is 12.3 Å². The van der Waals surface area contributed by atoms with Crippen molar-refractivity contribution in [2.75, 3.05) is 18.4 Å². The predicted octanol–water partition coefficient (Wildman–Crippen LogP) is 2.12. The third-order valence-corrected chi connectivity index (χ3v) is 5.46. The molecule has 0 unspecified atom stereocenters. The lowest BCUT2D eigenvalue weighted by molar-refractivity contribution is 0.582. The number of rotatable bonds is 8. The molecule has 0 aliphatic heterocycles. The lowest BCUT2D eigenvalue weighted by atomic mass is 10.2. The van der Waals surface area contributed by atoms with Gasteiger partial charge in [0.05, 0.1) is 11.4 Å². The molecule has 3 rings (SSSR count). The number of aryl methyl sites for hydroxylation is 3. The number of nitrogens with zero attached hydrogens (tertiary/aromatic N) is 4. The van der Waals surface area contributed by atoms with Crippen LogP contribution in [0.5, 0.6) is 0 Å². The van der Waals surface area contributed by atoms with E-state index in [2.05, 4.69) is 25.3 Å². The highest BCUT2D eigenvalue weighted by atomic mass is 32.2. The molecule has 2 aromatic heterocycles. The SMILES string of the molecule is Cc1ccc(CS(=O)(=O)NCCNc2ccc(-n3nc(C)cc3C)nn2)cc1. The van der Waals surface area contributed by atoms with Crippen LogP contribution < -0.4 is 10.0 Å². The van der Waals surface area contributed by atoms with E-state index in [1.54, 1.807) is 10.7 Å². The summed E-state index contributed by atoms with van der Waals surface area (Å²) in [5.74, 6) is 1.17. The van der Waals surface area contributed by atoms with Gasteiger partial charge in [-0.05, 0) is 44.5 Å². The standard InChI is InChI=1S/C19H24N6O2S/c1-14-4-6-17(7-5-14)13-28(26,27)21-11-10-20-18-8-9-19(23-22-18)25-16(3)12-15(2)24-25/h4-9,12,21H,10-11,13H2,1-3H3,(H,20,22). The number of benzene rings is 1. The van der Waals surface area contributed by atoms with Crippen molar-refractivity contribution < 1.29 is 8.42 Å². The maximum Gasteiger partial charge on any atom is 0.215 e. The molecule has 148 valence electrons. The van der Waals surface area contributed by atoms with Crippen molar-refractivity contribution in [3.63, 3.8) is 0 Å². The first-order chi connectivity index (χ1) is 13.3. The van der Waals surface area contributed by atoms with Crippen LogP contribution >= 0.6 is 0 Å². The van der Waals surface area contributed by atoms with Gasteiger partial charge in [0, 0.05) is 18.8 Å². The van der Waals surface area contributed by atoms with Crippen LogP contribution in [-0.4, -0.2) is 41.5 Å². The number of aromatic nitrogens is 4. The molecule has 3 aromatic rings. The highest BCUT2D eigenvalue weighted by Gasteiger charge is 2.11. The maximum atomic E-state index is 12.2. The van der Waals surface area contributed by atoms with Crippen molar-refractivity contribution >= 4 is 15.8 Å². The van der Waals surface area contributed by atoms with Gasteiger partial charge in [-0.25, -0.2) is 17.8 Å². The Morgan fingerprint density at radius 2 is 1.71 bits per heavy atom. The Bertz CT molecular complexity index is 1030. The van der Waals surface area contributed by atoms with E-state index in [0.717, 1.165) is 22.5 Å². The zero-order valence-corrected chi connectivity index (χ0v) is 17.0. The lowest BCUT2D eigenvalue weighted by Gasteiger charge is -2.09. The van der Waals surface area contributed by atoms with E-state index in [1.807, 2.05) is 57.2 Å². The first-order valence-electron chi connectivity index (χ1n) is 8.96. The average Bonchev–Trinajstić information content (AvgIpc) is 2.99. The Morgan fingerprint density at radius 3 is 2.32 bits per heavy atom. The predicted molar refractivity (Wildman–Crippen MR) is 109 cm³/mol. The Kier molecular flexibility index (Phi) is 6.05. The van der Waals surface area contributed by atoms with Gasteiger partial charge in [0.1, 0.15) is 5.82 Å². The van der Waals surface area contributed by atoms with Crippen molar-refractivity contribution in [3.05, 3.63) is 65.0 Å². The first kappa shape index (κ1) is 20.0. The van der Waals surface area contributed by atoms with E-state index >= 15 is 0 Å². The van der Waals surface area contributed by atoms with Crippen LogP contribution in [0.25, 0.3) is 5.82 Å². The summed E-state index contributed by atoms with van der Waals surface area (Å²) in [7, 11) is -3.38. The topological polar surface area (TPSA) is 102 Å². The largest absolute Gasteiger partial charge is 0.367 e. The van der Waals surface area contributed by atoms with Crippen LogP contribution in [0.1, 0.15) is 22.5 Å². The van der Waals surface area contributed by atoms with Crippen molar-refractivity contribution in [2.24, 2.45) is 0 Å². The molecular formula is C19H24N6O2S. The zero-order valence-electron chi connectivity index (χ0n) is 16.2. The molecule has 0 atom stereocenters. The lowest BCUT2D eigenvalue weighted by Crippen LogP contribution is -2.30. The van der Waals surface area contributed by atoms with E-state index in [4.69, 9.17) is 0 Å². The van der Waals surface area contributed by atoms with Crippen LogP contribution in [0.4, 0.5) is 5.82 Å². The molecule has 0 saturated heterocycles. The van der Waals surface area contributed by atoms with Crippen LogP contribution in [-0.2, 0) is 15.8 Å². The summed E-state index contributed by atoms with van der Waals surface area (Å²) in [5.41, 5.74) is 3.76. The summed E-state index contributed by atoms with van der Waals surface area (Å²) in [6.07, 6.45) is 0. The third kappa shape index (κ3) is 5.37. The number of hydrogen-bond donors (Lipinski definition) is 2. The Morgan fingerprint density at radius 1 is 0.964 bits per heavy atom. The molecule has 2 heterocycles.